The summed E-state index contributed by atoms with van der Waals surface area (Å²) in [5.74, 6) is -0.0337. The zero-order chi connectivity index (χ0) is 11.5. The number of aromatic amines is 1. The van der Waals surface area contributed by atoms with Crippen molar-refractivity contribution in [3.63, 3.8) is 0 Å². The minimum absolute atomic E-state index is 0.0337. The fourth-order valence-corrected chi connectivity index (χ4v) is 1.71. The van der Waals surface area contributed by atoms with Crippen LogP contribution in [-0.2, 0) is 6.42 Å². The van der Waals surface area contributed by atoms with E-state index in [0.717, 1.165) is 11.3 Å². The molecular weight excluding hydrogens is 224 g/mol. The van der Waals surface area contributed by atoms with E-state index in [0.29, 0.717) is 17.1 Å². The molecule has 4 heteroatoms. The highest BCUT2D eigenvalue weighted by atomic mass is 35.5. The number of Topliss-reactive ketones (excluding diaryl/α,β-unsaturated/α-hetero) is 1. The minimum atomic E-state index is -0.0337. The highest BCUT2D eigenvalue weighted by Gasteiger charge is 2.05. The third-order valence-corrected chi connectivity index (χ3v) is 2.51. The molecule has 0 fully saturated rings. The molecule has 0 amide bonds. The van der Waals surface area contributed by atoms with E-state index in [-0.39, 0.29) is 5.78 Å². The normalized spacial score (nSPS) is 10.4. The average molecular weight is 235 g/mol. The van der Waals surface area contributed by atoms with Gasteiger partial charge < -0.3 is 0 Å². The molecule has 0 aliphatic rings. The summed E-state index contributed by atoms with van der Waals surface area (Å²) in [7, 11) is 0. The van der Waals surface area contributed by atoms with Crippen LogP contribution in [0.5, 0.6) is 0 Å². The first-order chi connectivity index (χ1) is 7.65. The molecule has 3 nitrogen and oxygen atoms in total. The van der Waals surface area contributed by atoms with Gasteiger partial charge in [0.15, 0.2) is 5.78 Å². The van der Waals surface area contributed by atoms with Crippen LogP contribution in [-0.4, -0.2) is 16.0 Å². The predicted octanol–water partition coefficient (Wildman–Crippen LogP) is 2.86. The highest BCUT2D eigenvalue weighted by molar-refractivity contribution is 6.30. The van der Waals surface area contributed by atoms with Gasteiger partial charge in [-0.05, 0) is 23.8 Å². The van der Waals surface area contributed by atoms with E-state index < -0.39 is 0 Å². The van der Waals surface area contributed by atoms with E-state index >= 15 is 0 Å². The third kappa shape index (κ3) is 2.49. The second-order valence-electron chi connectivity index (χ2n) is 3.64. The Morgan fingerprint density at radius 1 is 1.44 bits per heavy atom. The first kappa shape index (κ1) is 10.9. The fourth-order valence-electron chi connectivity index (χ4n) is 1.50. The maximum absolute atomic E-state index is 11.1. The smallest absolute Gasteiger partial charge is 0.179 e. The van der Waals surface area contributed by atoms with Crippen LogP contribution in [0.1, 0.15) is 28.7 Å². The van der Waals surface area contributed by atoms with E-state index in [2.05, 4.69) is 10.2 Å². The molecule has 0 saturated carbocycles. The van der Waals surface area contributed by atoms with E-state index in [4.69, 9.17) is 11.6 Å². The molecule has 0 radical (unpaired) electrons. The molecule has 0 bridgehead atoms. The lowest BCUT2D eigenvalue weighted by Gasteiger charge is -1.98. The molecule has 0 spiro atoms. The number of halogens is 1. The summed E-state index contributed by atoms with van der Waals surface area (Å²) in [6.07, 6.45) is 0.695. The van der Waals surface area contributed by atoms with Crippen molar-refractivity contribution in [2.24, 2.45) is 0 Å². The first-order valence-corrected chi connectivity index (χ1v) is 5.32. The van der Waals surface area contributed by atoms with Crippen LogP contribution in [0, 0.1) is 0 Å². The van der Waals surface area contributed by atoms with Crippen LogP contribution in [0.3, 0.4) is 0 Å². The Bertz CT molecular complexity index is 519. The fraction of sp³-hybridized carbons (Fsp3) is 0.167. The third-order valence-electron chi connectivity index (χ3n) is 2.28. The molecule has 0 unspecified atom stereocenters. The molecule has 1 N–H and O–H groups in total. The Labute approximate surface area is 98.4 Å². The van der Waals surface area contributed by atoms with Gasteiger partial charge in [-0.2, -0.15) is 5.10 Å². The number of hydrogen-bond donors (Lipinski definition) is 1. The number of aromatic nitrogens is 2. The summed E-state index contributed by atoms with van der Waals surface area (Å²) in [6.45, 7) is 1.50. The number of rotatable bonds is 3. The molecule has 82 valence electrons. The topological polar surface area (TPSA) is 45.8 Å². The zero-order valence-corrected chi connectivity index (χ0v) is 9.58. The predicted molar refractivity (Wildman–Crippen MR) is 62.9 cm³/mol. The van der Waals surface area contributed by atoms with Crippen molar-refractivity contribution in [3.8, 4) is 0 Å². The van der Waals surface area contributed by atoms with E-state index in [1.165, 1.54) is 6.92 Å². The van der Waals surface area contributed by atoms with Crippen molar-refractivity contribution in [1.82, 2.24) is 10.2 Å². The van der Waals surface area contributed by atoms with Gasteiger partial charge in [0.2, 0.25) is 0 Å². The van der Waals surface area contributed by atoms with Gasteiger partial charge >= 0.3 is 0 Å². The maximum Gasteiger partial charge on any atom is 0.179 e. The number of ketones is 1. The molecule has 2 rings (SSSR count). The summed E-state index contributed by atoms with van der Waals surface area (Å²) < 4.78 is 0. The van der Waals surface area contributed by atoms with Crippen LogP contribution in [0.25, 0.3) is 0 Å². The minimum Gasteiger partial charge on any atom is -0.293 e. The first-order valence-electron chi connectivity index (χ1n) is 4.95. The maximum atomic E-state index is 11.1. The standard InChI is InChI=1S/C12H11ClN2O/c1-8(16)12-7-11(14-15-12)6-9-3-2-4-10(13)5-9/h2-5,7H,6H2,1H3,(H,14,15). The molecule has 1 heterocycles. The molecule has 0 aliphatic heterocycles. The van der Waals surface area contributed by atoms with Gasteiger partial charge in [-0.25, -0.2) is 0 Å². The number of benzene rings is 1. The van der Waals surface area contributed by atoms with Crippen molar-refractivity contribution in [3.05, 3.63) is 52.3 Å². The molecule has 2 aromatic rings. The number of carbonyl (C=O) groups is 1. The van der Waals surface area contributed by atoms with Gasteiger partial charge in [0.1, 0.15) is 5.69 Å². The van der Waals surface area contributed by atoms with Gasteiger partial charge in [-0.1, -0.05) is 23.7 Å². The largest absolute Gasteiger partial charge is 0.293 e. The summed E-state index contributed by atoms with van der Waals surface area (Å²) in [4.78, 5) is 11.1. The second-order valence-corrected chi connectivity index (χ2v) is 4.08. The molecule has 0 aliphatic carbocycles. The number of hydrogen-bond acceptors (Lipinski definition) is 2. The monoisotopic (exact) mass is 234 g/mol. The average Bonchev–Trinajstić information content (AvgIpc) is 2.66. The van der Waals surface area contributed by atoms with E-state index in [1.54, 1.807) is 6.07 Å². The lowest BCUT2D eigenvalue weighted by Crippen LogP contribution is -1.90. The Kier molecular flexibility index (Phi) is 3.06. The number of nitrogens with one attached hydrogen (secondary N) is 1. The quantitative estimate of drug-likeness (QED) is 0.830. The molecule has 0 atom stereocenters. The molecule has 0 saturated heterocycles. The number of carbonyl (C=O) groups excluding carboxylic acids is 1. The zero-order valence-electron chi connectivity index (χ0n) is 8.83. The Morgan fingerprint density at radius 3 is 2.88 bits per heavy atom. The Balaban J connectivity index is 2.17. The van der Waals surface area contributed by atoms with Crippen LogP contribution >= 0.6 is 11.6 Å². The van der Waals surface area contributed by atoms with Crippen molar-refractivity contribution in [2.45, 2.75) is 13.3 Å². The lowest BCUT2D eigenvalue weighted by atomic mass is 10.1. The SMILES string of the molecule is CC(=O)c1cc(Cc2cccc(Cl)c2)[nH]n1. The number of nitrogens with zero attached hydrogens (tertiary/aromatic N) is 1. The van der Waals surface area contributed by atoms with Crippen molar-refractivity contribution < 1.29 is 4.79 Å². The summed E-state index contributed by atoms with van der Waals surface area (Å²) in [5, 5.41) is 7.48. The Hall–Kier alpha value is -1.61. The van der Waals surface area contributed by atoms with Crippen LogP contribution < -0.4 is 0 Å². The van der Waals surface area contributed by atoms with Gasteiger partial charge in [0.25, 0.3) is 0 Å². The van der Waals surface area contributed by atoms with E-state index in [9.17, 15) is 4.79 Å². The van der Waals surface area contributed by atoms with Crippen molar-refractivity contribution in [1.29, 1.82) is 0 Å². The van der Waals surface area contributed by atoms with Crippen LogP contribution in [0.15, 0.2) is 30.3 Å². The second kappa shape index (κ2) is 4.49. The lowest BCUT2D eigenvalue weighted by molar-refractivity contribution is 0.101. The van der Waals surface area contributed by atoms with E-state index in [1.807, 2.05) is 24.3 Å². The number of H-pyrrole nitrogens is 1. The summed E-state index contributed by atoms with van der Waals surface area (Å²) in [5.41, 5.74) is 2.47. The van der Waals surface area contributed by atoms with Crippen LogP contribution in [0.2, 0.25) is 5.02 Å². The summed E-state index contributed by atoms with van der Waals surface area (Å²) >= 11 is 5.89. The van der Waals surface area contributed by atoms with Crippen LogP contribution in [0.4, 0.5) is 0 Å². The van der Waals surface area contributed by atoms with Crippen molar-refractivity contribution in [2.75, 3.05) is 0 Å². The summed E-state index contributed by atoms with van der Waals surface area (Å²) in [6, 6.07) is 9.39. The molecule has 16 heavy (non-hydrogen) atoms. The van der Waals surface area contributed by atoms with Gasteiger partial charge in [0.05, 0.1) is 0 Å². The van der Waals surface area contributed by atoms with Gasteiger partial charge in [0, 0.05) is 24.1 Å². The molecular formula is C12H11ClN2O. The Morgan fingerprint density at radius 2 is 2.25 bits per heavy atom. The molecule has 1 aromatic heterocycles. The van der Waals surface area contributed by atoms with Gasteiger partial charge in [-0.3, -0.25) is 9.89 Å². The van der Waals surface area contributed by atoms with Gasteiger partial charge in [-0.15, -0.1) is 0 Å². The van der Waals surface area contributed by atoms with Crippen molar-refractivity contribution >= 4 is 17.4 Å². The highest BCUT2D eigenvalue weighted by Crippen LogP contribution is 2.14. The molecule has 1 aromatic carbocycles.